The van der Waals surface area contributed by atoms with Gasteiger partial charge in [-0.1, -0.05) is 25.1 Å². The first kappa shape index (κ1) is 23.5. The number of rotatable bonds is 6. The molecule has 2 aromatic rings. The van der Waals surface area contributed by atoms with Crippen molar-refractivity contribution in [3.63, 3.8) is 0 Å². The lowest BCUT2D eigenvalue weighted by atomic mass is 10.0. The summed E-state index contributed by atoms with van der Waals surface area (Å²) in [6.07, 6.45) is -0.205. The monoisotopic (exact) mass is 448 g/mol. The summed E-state index contributed by atoms with van der Waals surface area (Å²) in [5, 5.41) is 9.71. The lowest BCUT2D eigenvalue weighted by Gasteiger charge is -2.37. The minimum atomic E-state index is -3.83. The molecule has 0 fully saturated rings. The van der Waals surface area contributed by atoms with Gasteiger partial charge in [-0.3, -0.25) is 0 Å². The van der Waals surface area contributed by atoms with Crippen LogP contribution in [-0.4, -0.2) is 75.8 Å². The second-order valence-electron chi connectivity index (χ2n) is 8.39. The predicted molar refractivity (Wildman–Crippen MR) is 121 cm³/mol. The van der Waals surface area contributed by atoms with E-state index >= 15 is 0 Å². The zero-order valence-corrected chi connectivity index (χ0v) is 19.6. The molecule has 1 aliphatic heterocycles. The third-order valence-corrected chi connectivity index (χ3v) is 7.66. The van der Waals surface area contributed by atoms with Gasteiger partial charge in [0.15, 0.2) is 0 Å². The van der Waals surface area contributed by atoms with Crippen LogP contribution in [0.3, 0.4) is 0 Å². The number of ether oxygens (including phenoxy) is 2. The van der Waals surface area contributed by atoms with Gasteiger partial charge in [-0.2, -0.15) is 4.31 Å². The molecule has 0 bridgehead atoms. The molecule has 0 spiro atoms. The standard InChI is InChI=1S/C23H32N2O5S/c1-16-13-25(17(2)15-26)31(27,28)23-11-8-19(18-6-9-20(29-5)10-7-18)12-21(23)30-22(16)14-24(3)4/h6-12,16-17,22,26H,13-15H2,1-5H3/t16-,17+,22-/m1/s1. The summed E-state index contributed by atoms with van der Waals surface area (Å²) in [5.41, 5.74) is 1.79. The summed E-state index contributed by atoms with van der Waals surface area (Å²) in [4.78, 5) is 2.16. The van der Waals surface area contributed by atoms with Gasteiger partial charge in [-0.25, -0.2) is 8.42 Å². The number of aliphatic hydroxyl groups excluding tert-OH is 1. The van der Waals surface area contributed by atoms with Crippen molar-refractivity contribution in [2.24, 2.45) is 5.92 Å². The average molecular weight is 449 g/mol. The molecule has 0 saturated carbocycles. The van der Waals surface area contributed by atoms with Crippen molar-refractivity contribution in [1.29, 1.82) is 0 Å². The molecule has 1 aliphatic rings. The number of methoxy groups -OCH3 is 1. The van der Waals surface area contributed by atoms with Crippen molar-refractivity contribution < 1.29 is 23.0 Å². The highest BCUT2D eigenvalue weighted by Crippen LogP contribution is 2.36. The number of hydrogen-bond acceptors (Lipinski definition) is 6. The summed E-state index contributed by atoms with van der Waals surface area (Å²) in [5.74, 6) is 1.02. The first-order valence-corrected chi connectivity index (χ1v) is 11.8. The minimum absolute atomic E-state index is 0.0658. The van der Waals surface area contributed by atoms with Crippen molar-refractivity contribution in [2.45, 2.75) is 30.9 Å². The molecule has 1 heterocycles. The number of aliphatic hydroxyl groups is 1. The maximum Gasteiger partial charge on any atom is 0.247 e. The van der Waals surface area contributed by atoms with E-state index < -0.39 is 16.1 Å². The number of benzene rings is 2. The van der Waals surface area contributed by atoms with Crippen LogP contribution in [0.5, 0.6) is 11.5 Å². The quantitative estimate of drug-likeness (QED) is 0.732. The highest BCUT2D eigenvalue weighted by Gasteiger charge is 2.37. The molecular weight excluding hydrogens is 416 g/mol. The molecule has 8 heteroatoms. The highest BCUT2D eigenvalue weighted by atomic mass is 32.2. The molecule has 0 unspecified atom stereocenters. The van der Waals surface area contributed by atoms with Gasteiger partial charge in [0.2, 0.25) is 10.0 Å². The number of nitrogens with zero attached hydrogens (tertiary/aromatic N) is 2. The molecule has 170 valence electrons. The number of hydrogen-bond donors (Lipinski definition) is 1. The molecule has 0 aromatic heterocycles. The average Bonchev–Trinajstić information content (AvgIpc) is 2.75. The lowest BCUT2D eigenvalue weighted by Crippen LogP contribution is -2.49. The van der Waals surface area contributed by atoms with Gasteiger partial charge in [0, 0.05) is 25.0 Å². The van der Waals surface area contributed by atoms with Gasteiger partial charge in [-0.05, 0) is 56.4 Å². The van der Waals surface area contributed by atoms with E-state index in [0.29, 0.717) is 12.3 Å². The van der Waals surface area contributed by atoms with E-state index in [1.54, 1.807) is 32.2 Å². The van der Waals surface area contributed by atoms with Crippen molar-refractivity contribution in [2.75, 3.05) is 40.9 Å². The molecule has 0 radical (unpaired) electrons. The van der Waals surface area contributed by atoms with Gasteiger partial charge < -0.3 is 19.5 Å². The van der Waals surface area contributed by atoms with Gasteiger partial charge >= 0.3 is 0 Å². The molecular formula is C23H32N2O5S. The first-order chi connectivity index (χ1) is 14.7. The van der Waals surface area contributed by atoms with Gasteiger partial charge in [-0.15, -0.1) is 0 Å². The molecule has 31 heavy (non-hydrogen) atoms. The summed E-state index contributed by atoms with van der Waals surface area (Å²) in [6, 6.07) is 12.2. The van der Waals surface area contributed by atoms with Crippen LogP contribution in [0.1, 0.15) is 13.8 Å². The fourth-order valence-corrected chi connectivity index (χ4v) is 5.59. The largest absolute Gasteiger partial charge is 0.497 e. The second-order valence-corrected chi connectivity index (χ2v) is 10.3. The number of fused-ring (bicyclic) bond motifs is 1. The normalized spacial score (nSPS) is 22.2. The fourth-order valence-electron chi connectivity index (χ4n) is 3.77. The summed E-state index contributed by atoms with van der Waals surface area (Å²) < 4.78 is 39.9. The fraction of sp³-hybridized carbons (Fsp3) is 0.478. The smallest absolute Gasteiger partial charge is 0.247 e. The molecule has 7 nitrogen and oxygen atoms in total. The Kier molecular flexibility index (Phi) is 7.26. The predicted octanol–water partition coefficient (Wildman–Crippen LogP) is 2.69. The minimum Gasteiger partial charge on any atom is -0.497 e. The van der Waals surface area contributed by atoms with Gasteiger partial charge in [0.25, 0.3) is 0 Å². The Labute approximate surface area is 185 Å². The lowest BCUT2D eigenvalue weighted by molar-refractivity contribution is 0.0813. The zero-order chi connectivity index (χ0) is 22.8. The van der Waals surface area contributed by atoms with Gasteiger partial charge in [0.05, 0.1) is 13.7 Å². The maximum absolute atomic E-state index is 13.5. The van der Waals surface area contributed by atoms with Crippen LogP contribution < -0.4 is 9.47 Å². The second kappa shape index (κ2) is 9.56. The van der Waals surface area contributed by atoms with Crippen LogP contribution >= 0.6 is 0 Å². The SMILES string of the molecule is COc1ccc(-c2ccc3c(c2)O[C@H](CN(C)C)[C@H](C)CN([C@@H](C)CO)S3(=O)=O)cc1. The van der Waals surface area contributed by atoms with Crippen LogP contribution in [0.2, 0.25) is 0 Å². The van der Waals surface area contributed by atoms with Crippen molar-refractivity contribution in [3.8, 4) is 22.6 Å². The molecule has 1 N–H and O–H groups in total. The molecule has 3 rings (SSSR count). The highest BCUT2D eigenvalue weighted by molar-refractivity contribution is 7.89. The first-order valence-electron chi connectivity index (χ1n) is 10.4. The number of sulfonamides is 1. The Bertz CT molecular complexity index is 992. The Balaban J connectivity index is 2.12. The van der Waals surface area contributed by atoms with E-state index in [2.05, 4.69) is 0 Å². The Morgan fingerprint density at radius 3 is 2.42 bits per heavy atom. The van der Waals surface area contributed by atoms with Crippen molar-refractivity contribution in [1.82, 2.24) is 9.21 Å². The van der Waals surface area contributed by atoms with E-state index in [4.69, 9.17) is 9.47 Å². The topological polar surface area (TPSA) is 79.3 Å². The van der Waals surface area contributed by atoms with Crippen LogP contribution in [-0.2, 0) is 10.0 Å². The summed E-state index contributed by atoms with van der Waals surface area (Å²) in [6.45, 7) is 4.39. The van der Waals surface area contributed by atoms with Crippen molar-refractivity contribution in [3.05, 3.63) is 42.5 Å². The van der Waals surface area contributed by atoms with E-state index in [9.17, 15) is 13.5 Å². The van der Waals surface area contributed by atoms with E-state index in [-0.39, 0.29) is 30.1 Å². The van der Waals surface area contributed by atoms with Crippen LogP contribution in [0.25, 0.3) is 11.1 Å². The van der Waals surface area contributed by atoms with E-state index in [0.717, 1.165) is 16.9 Å². The molecule has 0 saturated heterocycles. The van der Waals surface area contributed by atoms with Crippen LogP contribution in [0, 0.1) is 5.92 Å². The van der Waals surface area contributed by atoms with Crippen LogP contribution in [0.4, 0.5) is 0 Å². The number of likely N-dealkylation sites (N-methyl/N-ethyl adjacent to an activating group) is 1. The van der Waals surface area contributed by atoms with Gasteiger partial charge in [0.1, 0.15) is 22.5 Å². The maximum atomic E-state index is 13.5. The Morgan fingerprint density at radius 2 is 1.84 bits per heavy atom. The van der Waals surface area contributed by atoms with Crippen LogP contribution in [0.15, 0.2) is 47.4 Å². The third-order valence-electron chi connectivity index (χ3n) is 5.64. The van der Waals surface area contributed by atoms with E-state index in [1.165, 1.54) is 4.31 Å². The molecule has 3 atom stereocenters. The Hall–Kier alpha value is -2.13. The molecule has 0 amide bonds. The summed E-state index contributed by atoms with van der Waals surface area (Å²) >= 11 is 0. The van der Waals surface area contributed by atoms with Crippen molar-refractivity contribution >= 4 is 10.0 Å². The Morgan fingerprint density at radius 1 is 1.19 bits per heavy atom. The molecule has 2 aromatic carbocycles. The summed E-state index contributed by atoms with van der Waals surface area (Å²) in [7, 11) is 1.71. The zero-order valence-electron chi connectivity index (χ0n) is 18.8. The third kappa shape index (κ3) is 5.03. The molecule has 0 aliphatic carbocycles. The van der Waals surface area contributed by atoms with E-state index in [1.807, 2.05) is 50.2 Å².